The minimum atomic E-state index is 0.211. The van der Waals surface area contributed by atoms with Crippen LogP contribution in [0.5, 0.6) is 0 Å². The molecule has 0 radical (unpaired) electrons. The van der Waals surface area contributed by atoms with E-state index in [1.807, 2.05) is 0 Å². The molecule has 3 N–H and O–H groups in total. The summed E-state index contributed by atoms with van der Waals surface area (Å²) in [5, 5.41) is 0. The number of benzene rings is 1. The molecule has 18 heavy (non-hydrogen) atoms. The normalized spacial score (nSPS) is 25.3. The summed E-state index contributed by atoms with van der Waals surface area (Å²) < 4.78 is 5.89. The van der Waals surface area contributed by atoms with E-state index < -0.39 is 0 Å². The molecule has 0 bridgehead atoms. The van der Waals surface area contributed by atoms with Crippen molar-refractivity contribution in [2.45, 2.75) is 57.8 Å². The lowest BCUT2D eigenvalue weighted by Crippen LogP contribution is -2.45. The number of hydrogen-bond acceptors (Lipinski definition) is 3. The average Bonchev–Trinajstić information content (AvgIpc) is 2.83. The third kappa shape index (κ3) is 3.31. The summed E-state index contributed by atoms with van der Waals surface area (Å²) in [6, 6.07) is 8.99. The summed E-state index contributed by atoms with van der Waals surface area (Å²) in [6.45, 7) is 4.30. The van der Waals surface area contributed by atoms with Crippen LogP contribution in [0.3, 0.4) is 0 Å². The average molecular weight is 248 g/mol. The van der Waals surface area contributed by atoms with E-state index in [-0.39, 0.29) is 12.1 Å². The van der Waals surface area contributed by atoms with E-state index >= 15 is 0 Å². The van der Waals surface area contributed by atoms with Crippen molar-refractivity contribution < 1.29 is 4.74 Å². The predicted molar refractivity (Wildman–Crippen MR) is 74.2 cm³/mol. The zero-order valence-corrected chi connectivity index (χ0v) is 11.4. The molecule has 1 heterocycles. The Morgan fingerprint density at radius 1 is 1.28 bits per heavy atom. The van der Waals surface area contributed by atoms with Gasteiger partial charge < -0.3 is 4.74 Å². The van der Waals surface area contributed by atoms with Crippen molar-refractivity contribution in [1.29, 1.82) is 0 Å². The SMILES string of the molecule is CCc1ccc(CC(NN)C2CCC(C)O2)cc1. The standard InChI is InChI=1S/C15H24N2O/c1-3-12-5-7-13(8-6-12)10-14(17-16)15-9-4-11(2)18-15/h5-8,11,14-15,17H,3-4,9-10,16H2,1-2H3. The van der Waals surface area contributed by atoms with Gasteiger partial charge >= 0.3 is 0 Å². The van der Waals surface area contributed by atoms with Gasteiger partial charge in [-0.2, -0.15) is 0 Å². The first-order chi connectivity index (χ1) is 8.72. The van der Waals surface area contributed by atoms with Gasteiger partial charge in [0, 0.05) is 0 Å². The Morgan fingerprint density at radius 2 is 1.94 bits per heavy atom. The Morgan fingerprint density at radius 3 is 2.44 bits per heavy atom. The Bertz CT molecular complexity index is 363. The van der Waals surface area contributed by atoms with Gasteiger partial charge in [-0.25, -0.2) is 0 Å². The van der Waals surface area contributed by atoms with Crippen molar-refractivity contribution in [2.24, 2.45) is 5.84 Å². The fraction of sp³-hybridized carbons (Fsp3) is 0.600. The monoisotopic (exact) mass is 248 g/mol. The molecule has 1 aromatic rings. The summed E-state index contributed by atoms with van der Waals surface area (Å²) in [5.41, 5.74) is 5.61. The quantitative estimate of drug-likeness (QED) is 0.620. The lowest BCUT2D eigenvalue weighted by atomic mass is 9.98. The lowest BCUT2D eigenvalue weighted by molar-refractivity contribution is 0.0320. The fourth-order valence-corrected chi connectivity index (χ4v) is 2.59. The van der Waals surface area contributed by atoms with Gasteiger partial charge in [0.2, 0.25) is 0 Å². The number of aryl methyl sites for hydroxylation is 1. The molecule has 0 saturated carbocycles. The Hall–Kier alpha value is -0.900. The molecule has 1 aliphatic heterocycles. The van der Waals surface area contributed by atoms with Crippen molar-refractivity contribution >= 4 is 0 Å². The molecule has 0 aliphatic carbocycles. The molecule has 3 atom stereocenters. The number of rotatable bonds is 5. The zero-order chi connectivity index (χ0) is 13.0. The molecule has 2 rings (SSSR count). The van der Waals surface area contributed by atoms with E-state index in [4.69, 9.17) is 10.6 Å². The summed E-state index contributed by atoms with van der Waals surface area (Å²) in [6.07, 6.45) is 4.87. The molecule has 1 saturated heterocycles. The molecule has 3 heteroatoms. The summed E-state index contributed by atoms with van der Waals surface area (Å²) >= 11 is 0. The van der Waals surface area contributed by atoms with Crippen LogP contribution in [0.1, 0.15) is 37.8 Å². The maximum Gasteiger partial charge on any atom is 0.0749 e. The first-order valence-electron chi connectivity index (χ1n) is 6.92. The molecule has 1 aromatic carbocycles. The highest BCUT2D eigenvalue weighted by Crippen LogP contribution is 2.23. The molecule has 100 valence electrons. The second kappa shape index (κ2) is 6.32. The van der Waals surface area contributed by atoms with Crippen LogP contribution < -0.4 is 11.3 Å². The fourth-order valence-electron chi connectivity index (χ4n) is 2.59. The van der Waals surface area contributed by atoms with Crippen LogP contribution in [0.25, 0.3) is 0 Å². The van der Waals surface area contributed by atoms with Gasteiger partial charge in [0.25, 0.3) is 0 Å². The van der Waals surface area contributed by atoms with Crippen molar-refractivity contribution in [2.75, 3.05) is 0 Å². The van der Waals surface area contributed by atoms with Crippen LogP contribution in [0.4, 0.5) is 0 Å². The van der Waals surface area contributed by atoms with Crippen molar-refractivity contribution in [3.63, 3.8) is 0 Å². The highest BCUT2D eigenvalue weighted by Gasteiger charge is 2.28. The summed E-state index contributed by atoms with van der Waals surface area (Å²) in [4.78, 5) is 0. The topological polar surface area (TPSA) is 47.3 Å². The van der Waals surface area contributed by atoms with E-state index in [1.165, 1.54) is 11.1 Å². The number of nitrogens with two attached hydrogens (primary N) is 1. The third-order valence-corrected chi connectivity index (χ3v) is 3.81. The molecule has 1 aliphatic rings. The maximum absolute atomic E-state index is 5.89. The van der Waals surface area contributed by atoms with Crippen LogP contribution in [-0.4, -0.2) is 18.2 Å². The van der Waals surface area contributed by atoms with E-state index in [9.17, 15) is 0 Å². The Balaban J connectivity index is 1.96. The van der Waals surface area contributed by atoms with E-state index in [2.05, 4.69) is 43.5 Å². The molecule has 0 amide bonds. The smallest absolute Gasteiger partial charge is 0.0749 e. The molecule has 3 unspecified atom stereocenters. The van der Waals surface area contributed by atoms with Gasteiger partial charge in [-0.05, 0) is 43.7 Å². The first kappa shape index (κ1) is 13.5. The Labute approximate surface area is 110 Å². The van der Waals surface area contributed by atoms with E-state index in [0.717, 1.165) is 25.7 Å². The second-order valence-electron chi connectivity index (χ2n) is 5.21. The third-order valence-electron chi connectivity index (χ3n) is 3.81. The Kier molecular flexibility index (Phi) is 4.75. The predicted octanol–water partition coefficient (Wildman–Crippen LogP) is 2.19. The van der Waals surface area contributed by atoms with Gasteiger partial charge in [0.15, 0.2) is 0 Å². The first-order valence-corrected chi connectivity index (χ1v) is 6.92. The van der Waals surface area contributed by atoms with Crippen molar-refractivity contribution in [3.8, 4) is 0 Å². The minimum Gasteiger partial charge on any atom is -0.374 e. The summed E-state index contributed by atoms with van der Waals surface area (Å²) in [5.74, 6) is 5.67. The van der Waals surface area contributed by atoms with Gasteiger partial charge in [-0.15, -0.1) is 0 Å². The van der Waals surface area contributed by atoms with Crippen LogP contribution >= 0.6 is 0 Å². The number of hydrogen-bond donors (Lipinski definition) is 2. The lowest BCUT2D eigenvalue weighted by Gasteiger charge is -2.23. The van der Waals surface area contributed by atoms with Crippen LogP contribution in [0, 0.1) is 0 Å². The molecule has 0 aromatic heterocycles. The molecule has 3 nitrogen and oxygen atoms in total. The largest absolute Gasteiger partial charge is 0.374 e. The number of ether oxygens (including phenoxy) is 1. The number of hydrazine groups is 1. The van der Waals surface area contributed by atoms with Crippen LogP contribution in [0.2, 0.25) is 0 Å². The minimum absolute atomic E-state index is 0.211. The van der Waals surface area contributed by atoms with Gasteiger partial charge in [0.1, 0.15) is 0 Å². The van der Waals surface area contributed by atoms with Gasteiger partial charge in [-0.3, -0.25) is 11.3 Å². The van der Waals surface area contributed by atoms with E-state index in [0.29, 0.717) is 6.10 Å². The molecular weight excluding hydrogens is 224 g/mol. The molecular formula is C15H24N2O. The van der Waals surface area contributed by atoms with Gasteiger partial charge in [-0.1, -0.05) is 31.2 Å². The van der Waals surface area contributed by atoms with Crippen LogP contribution in [-0.2, 0) is 17.6 Å². The molecule has 0 spiro atoms. The molecule has 1 fully saturated rings. The van der Waals surface area contributed by atoms with Crippen molar-refractivity contribution in [1.82, 2.24) is 5.43 Å². The van der Waals surface area contributed by atoms with E-state index in [1.54, 1.807) is 0 Å². The second-order valence-corrected chi connectivity index (χ2v) is 5.21. The van der Waals surface area contributed by atoms with Crippen molar-refractivity contribution in [3.05, 3.63) is 35.4 Å². The summed E-state index contributed by atoms with van der Waals surface area (Å²) in [7, 11) is 0. The zero-order valence-electron chi connectivity index (χ0n) is 11.4. The number of nitrogens with one attached hydrogen (secondary N) is 1. The van der Waals surface area contributed by atoms with Crippen LogP contribution in [0.15, 0.2) is 24.3 Å². The maximum atomic E-state index is 5.89. The highest BCUT2D eigenvalue weighted by atomic mass is 16.5. The van der Waals surface area contributed by atoms with Gasteiger partial charge in [0.05, 0.1) is 18.2 Å². The highest BCUT2D eigenvalue weighted by molar-refractivity contribution is 5.23.